The number of amides is 2. The van der Waals surface area contributed by atoms with E-state index < -0.39 is 17.8 Å². The number of rotatable bonds is 4. The minimum atomic E-state index is -0.496. The van der Waals surface area contributed by atoms with Gasteiger partial charge in [-0.05, 0) is 31.2 Å². The van der Waals surface area contributed by atoms with Gasteiger partial charge in [0, 0.05) is 12.4 Å². The monoisotopic (exact) mass is 341 g/mol. The summed E-state index contributed by atoms with van der Waals surface area (Å²) < 4.78 is 19.2. The standard InChI is InChI=1S/C18H16FN3O3/c1-10(15-9-11-5-3-6-12(19)16(11)25-15)21-18(24)14-8-4-7-13(22-14)17(23)20-2/h3-10H,1-2H3,(H,20,23)(H,21,24). The number of carbonyl (C=O) groups excluding carboxylic acids is 2. The predicted molar refractivity (Wildman–Crippen MR) is 89.7 cm³/mol. The molecule has 0 aliphatic rings. The van der Waals surface area contributed by atoms with E-state index in [1.807, 2.05) is 0 Å². The third-order valence-electron chi connectivity index (χ3n) is 3.73. The summed E-state index contributed by atoms with van der Waals surface area (Å²) in [6.45, 7) is 1.72. The number of aromatic nitrogens is 1. The molecule has 0 saturated carbocycles. The lowest BCUT2D eigenvalue weighted by Gasteiger charge is -2.11. The van der Waals surface area contributed by atoms with Crippen LogP contribution in [0.2, 0.25) is 0 Å². The first kappa shape index (κ1) is 16.6. The molecule has 1 aromatic carbocycles. The second-order valence-electron chi connectivity index (χ2n) is 5.49. The molecule has 0 aliphatic carbocycles. The van der Waals surface area contributed by atoms with Gasteiger partial charge in [-0.25, -0.2) is 9.37 Å². The van der Waals surface area contributed by atoms with E-state index in [2.05, 4.69) is 15.6 Å². The van der Waals surface area contributed by atoms with Gasteiger partial charge in [-0.1, -0.05) is 18.2 Å². The first-order valence-electron chi connectivity index (χ1n) is 7.67. The van der Waals surface area contributed by atoms with Crippen LogP contribution in [0.1, 0.15) is 39.7 Å². The van der Waals surface area contributed by atoms with Crippen molar-refractivity contribution in [3.63, 3.8) is 0 Å². The van der Waals surface area contributed by atoms with E-state index in [0.717, 1.165) is 0 Å². The van der Waals surface area contributed by atoms with Crippen LogP contribution in [0, 0.1) is 5.82 Å². The van der Waals surface area contributed by atoms with Crippen molar-refractivity contribution < 1.29 is 18.4 Å². The molecule has 128 valence electrons. The number of pyridine rings is 1. The Kier molecular flexibility index (Phi) is 4.47. The van der Waals surface area contributed by atoms with Crippen molar-refractivity contribution in [2.24, 2.45) is 0 Å². The van der Waals surface area contributed by atoms with Crippen LogP contribution in [0.15, 0.2) is 46.9 Å². The molecule has 2 aromatic heterocycles. The molecule has 25 heavy (non-hydrogen) atoms. The van der Waals surface area contributed by atoms with E-state index >= 15 is 0 Å². The number of nitrogens with zero attached hydrogens (tertiary/aromatic N) is 1. The lowest BCUT2D eigenvalue weighted by molar-refractivity contribution is 0.0930. The topological polar surface area (TPSA) is 84.2 Å². The van der Waals surface area contributed by atoms with E-state index in [4.69, 9.17) is 4.42 Å². The number of halogens is 1. The van der Waals surface area contributed by atoms with Crippen molar-refractivity contribution in [2.45, 2.75) is 13.0 Å². The first-order chi connectivity index (χ1) is 12.0. The average molecular weight is 341 g/mol. The van der Waals surface area contributed by atoms with Gasteiger partial charge in [-0.3, -0.25) is 9.59 Å². The highest BCUT2D eigenvalue weighted by atomic mass is 19.1. The Hall–Kier alpha value is -3.22. The summed E-state index contributed by atoms with van der Waals surface area (Å²) in [6.07, 6.45) is 0. The highest BCUT2D eigenvalue weighted by Gasteiger charge is 2.18. The normalized spacial score (nSPS) is 12.0. The molecule has 3 rings (SSSR count). The summed E-state index contributed by atoms with van der Waals surface area (Å²) in [6, 6.07) is 10.4. The minimum Gasteiger partial charge on any atom is -0.456 e. The van der Waals surface area contributed by atoms with Gasteiger partial charge < -0.3 is 15.1 Å². The smallest absolute Gasteiger partial charge is 0.270 e. The number of para-hydroxylation sites is 1. The Morgan fingerprint density at radius 2 is 1.80 bits per heavy atom. The maximum absolute atomic E-state index is 13.7. The molecule has 2 N–H and O–H groups in total. The fourth-order valence-electron chi connectivity index (χ4n) is 2.42. The highest BCUT2D eigenvalue weighted by molar-refractivity contribution is 5.96. The van der Waals surface area contributed by atoms with E-state index in [1.54, 1.807) is 31.2 Å². The van der Waals surface area contributed by atoms with Crippen molar-refractivity contribution >= 4 is 22.8 Å². The SMILES string of the molecule is CNC(=O)c1cccc(C(=O)NC(C)c2cc3cccc(F)c3o2)n1. The molecule has 0 radical (unpaired) electrons. The Morgan fingerprint density at radius 1 is 1.12 bits per heavy atom. The van der Waals surface area contributed by atoms with Gasteiger partial charge in [-0.15, -0.1) is 0 Å². The van der Waals surface area contributed by atoms with Gasteiger partial charge >= 0.3 is 0 Å². The van der Waals surface area contributed by atoms with Crippen LogP contribution in [0.3, 0.4) is 0 Å². The molecular formula is C18H16FN3O3. The number of carbonyl (C=O) groups is 2. The number of fused-ring (bicyclic) bond motifs is 1. The van der Waals surface area contributed by atoms with E-state index in [9.17, 15) is 14.0 Å². The lowest BCUT2D eigenvalue weighted by atomic mass is 10.2. The summed E-state index contributed by atoms with van der Waals surface area (Å²) in [7, 11) is 1.49. The molecule has 3 aromatic rings. The number of benzene rings is 1. The molecule has 1 unspecified atom stereocenters. The average Bonchev–Trinajstić information content (AvgIpc) is 3.07. The molecule has 0 spiro atoms. The van der Waals surface area contributed by atoms with Gasteiger partial charge in [0.25, 0.3) is 11.8 Å². The molecule has 0 fully saturated rings. The molecule has 0 aliphatic heterocycles. The van der Waals surface area contributed by atoms with Crippen LogP contribution in [0.5, 0.6) is 0 Å². The number of hydrogen-bond donors (Lipinski definition) is 2. The van der Waals surface area contributed by atoms with Crippen LogP contribution in [0.4, 0.5) is 4.39 Å². The summed E-state index contributed by atoms with van der Waals surface area (Å²) in [5, 5.41) is 5.80. The maximum atomic E-state index is 13.7. The summed E-state index contributed by atoms with van der Waals surface area (Å²) >= 11 is 0. The summed E-state index contributed by atoms with van der Waals surface area (Å²) in [5.41, 5.74) is 0.405. The fourth-order valence-corrected chi connectivity index (χ4v) is 2.42. The van der Waals surface area contributed by atoms with Gasteiger partial charge in [0.2, 0.25) is 0 Å². The molecule has 0 saturated heterocycles. The van der Waals surface area contributed by atoms with Crippen LogP contribution >= 0.6 is 0 Å². The van der Waals surface area contributed by atoms with Crippen LogP contribution in [-0.4, -0.2) is 23.8 Å². The third kappa shape index (κ3) is 3.35. The van der Waals surface area contributed by atoms with Crippen molar-refractivity contribution in [1.29, 1.82) is 0 Å². The molecule has 1 atom stereocenters. The Bertz CT molecular complexity index is 952. The van der Waals surface area contributed by atoms with Crippen LogP contribution < -0.4 is 10.6 Å². The van der Waals surface area contributed by atoms with Gasteiger partial charge in [-0.2, -0.15) is 0 Å². The zero-order valence-electron chi connectivity index (χ0n) is 13.7. The fraction of sp³-hybridized carbons (Fsp3) is 0.167. The van der Waals surface area contributed by atoms with Gasteiger partial charge in [0.1, 0.15) is 17.1 Å². The van der Waals surface area contributed by atoms with Crippen molar-refractivity contribution in [3.8, 4) is 0 Å². The number of hydrogen-bond acceptors (Lipinski definition) is 4. The van der Waals surface area contributed by atoms with Crippen LogP contribution in [-0.2, 0) is 0 Å². The molecule has 0 bridgehead atoms. The second kappa shape index (κ2) is 6.72. The molecule has 2 heterocycles. The molecule has 2 amide bonds. The minimum absolute atomic E-state index is 0.107. The zero-order chi connectivity index (χ0) is 18.0. The Labute approximate surface area is 143 Å². The quantitative estimate of drug-likeness (QED) is 0.764. The first-order valence-corrected chi connectivity index (χ1v) is 7.67. The van der Waals surface area contributed by atoms with Crippen molar-refractivity contribution in [2.75, 3.05) is 7.05 Å². The van der Waals surface area contributed by atoms with Crippen LogP contribution in [0.25, 0.3) is 11.0 Å². The Morgan fingerprint density at radius 3 is 2.48 bits per heavy atom. The zero-order valence-corrected chi connectivity index (χ0v) is 13.7. The molecule has 6 nitrogen and oxygen atoms in total. The number of nitrogens with one attached hydrogen (secondary N) is 2. The van der Waals surface area contributed by atoms with Gasteiger partial charge in [0.05, 0.1) is 6.04 Å². The van der Waals surface area contributed by atoms with Crippen molar-refractivity contribution in [1.82, 2.24) is 15.6 Å². The highest BCUT2D eigenvalue weighted by Crippen LogP contribution is 2.25. The number of furan rings is 1. The lowest BCUT2D eigenvalue weighted by Crippen LogP contribution is -2.28. The molecular weight excluding hydrogens is 325 g/mol. The van der Waals surface area contributed by atoms with Crippen molar-refractivity contribution in [3.05, 3.63) is 65.4 Å². The third-order valence-corrected chi connectivity index (χ3v) is 3.73. The maximum Gasteiger partial charge on any atom is 0.270 e. The van der Waals surface area contributed by atoms with E-state index in [-0.39, 0.29) is 22.9 Å². The predicted octanol–water partition coefficient (Wildman–Crippen LogP) is 2.82. The summed E-state index contributed by atoms with van der Waals surface area (Å²) in [4.78, 5) is 28.0. The Balaban J connectivity index is 1.80. The van der Waals surface area contributed by atoms with E-state index in [1.165, 1.54) is 25.2 Å². The summed E-state index contributed by atoms with van der Waals surface area (Å²) in [5.74, 6) is -0.868. The van der Waals surface area contributed by atoms with E-state index in [0.29, 0.717) is 11.1 Å². The second-order valence-corrected chi connectivity index (χ2v) is 5.49. The molecule has 7 heteroatoms. The largest absolute Gasteiger partial charge is 0.456 e. The van der Waals surface area contributed by atoms with Gasteiger partial charge in [0.15, 0.2) is 11.4 Å².